The van der Waals surface area contributed by atoms with Crippen LogP contribution in [0.15, 0.2) is 11.6 Å². The normalized spacial score (nSPS) is 11.3. The molecule has 0 fully saturated rings. The summed E-state index contributed by atoms with van der Waals surface area (Å²) in [5.41, 5.74) is 1.16. The lowest BCUT2D eigenvalue weighted by molar-refractivity contribution is -0.123. The molecular formula is C11H18N2O. The second kappa shape index (κ2) is 7.14. The maximum Gasteiger partial charge on any atom is 0.237 e. The minimum absolute atomic E-state index is 0.160. The van der Waals surface area contributed by atoms with E-state index in [0.29, 0.717) is 13.0 Å². The molecule has 0 spiro atoms. The van der Waals surface area contributed by atoms with Crippen LogP contribution in [-0.4, -0.2) is 12.5 Å². The molecule has 1 atom stereocenters. The van der Waals surface area contributed by atoms with Gasteiger partial charge in [-0.3, -0.25) is 4.79 Å². The fraction of sp³-hybridized carbons (Fsp3) is 0.636. The number of amides is 1. The average molecular weight is 194 g/mol. The highest BCUT2D eigenvalue weighted by molar-refractivity contribution is 5.81. The summed E-state index contributed by atoms with van der Waals surface area (Å²) >= 11 is 0. The highest BCUT2D eigenvalue weighted by atomic mass is 16.1. The van der Waals surface area contributed by atoms with Gasteiger partial charge < -0.3 is 5.32 Å². The predicted octanol–water partition coefficient (Wildman–Crippen LogP) is 2.01. The lowest BCUT2D eigenvalue weighted by atomic mass is 10.1. The molecule has 0 aliphatic heterocycles. The SMILES string of the molecule is CCCC(C#N)C(=O)NCC=C(C)C. The Morgan fingerprint density at radius 3 is 2.64 bits per heavy atom. The first kappa shape index (κ1) is 12.7. The van der Waals surface area contributed by atoms with Crippen LogP contribution in [0.4, 0.5) is 0 Å². The lowest BCUT2D eigenvalue weighted by Crippen LogP contribution is -2.30. The summed E-state index contributed by atoms with van der Waals surface area (Å²) < 4.78 is 0. The first-order valence-corrected chi connectivity index (χ1v) is 4.92. The van der Waals surface area contributed by atoms with Crippen LogP contribution in [0.2, 0.25) is 0 Å². The quantitative estimate of drug-likeness (QED) is 0.681. The van der Waals surface area contributed by atoms with Crippen LogP contribution in [-0.2, 0) is 4.79 Å². The summed E-state index contributed by atoms with van der Waals surface area (Å²) in [6.07, 6.45) is 3.42. The van der Waals surface area contributed by atoms with Crippen LogP contribution >= 0.6 is 0 Å². The van der Waals surface area contributed by atoms with E-state index >= 15 is 0 Å². The second-order valence-electron chi connectivity index (χ2n) is 3.50. The second-order valence-corrected chi connectivity index (χ2v) is 3.50. The Kier molecular flexibility index (Phi) is 6.47. The van der Waals surface area contributed by atoms with E-state index in [1.165, 1.54) is 0 Å². The van der Waals surface area contributed by atoms with Crippen molar-refractivity contribution in [2.75, 3.05) is 6.54 Å². The zero-order valence-electron chi connectivity index (χ0n) is 9.13. The average Bonchev–Trinajstić information content (AvgIpc) is 2.13. The summed E-state index contributed by atoms with van der Waals surface area (Å²) in [6, 6.07) is 2.01. The molecule has 3 heteroatoms. The van der Waals surface area contributed by atoms with Gasteiger partial charge in [0.05, 0.1) is 6.07 Å². The third-order valence-electron chi connectivity index (χ3n) is 1.84. The fourth-order valence-corrected chi connectivity index (χ4v) is 1.02. The Morgan fingerprint density at radius 1 is 1.57 bits per heavy atom. The third kappa shape index (κ3) is 5.36. The van der Waals surface area contributed by atoms with E-state index in [0.717, 1.165) is 12.0 Å². The zero-order chi connectivity index (χ0) is 11.0. The first-order chi connectivity index (χ1) is 6.61. The number of hydrogen-bond acceptors (Lipinski definition) is 2. The number of carbonyl (C=O) groups is 1. The van der Waals surface area contributed by atoms with Crippen LogP contribution in [0.1, 0.15) is 33.6 Å². The van der Waals surface area contributed by atoms with Crippen LogP contribution < -0.4 is 5.32 Å². The molecule has 78 valence electrons. The summed E-state index contributed by atoms with van der Waals surface area (Å²) in [4.78, 5) is 11.4. The molecular weight excluding hydrogens is 176 g/mol. The molecule has 3 nitrogen and oxygen atoms in total. The smallest absolute Gasteiger partial charge is 0.237 e. The number of carbonyl (C=O) groups excluding carboxylic acids is 1. The van der Waals surface area contributed by atoms with Gasteiger partial charge in [0.15, 0.2) is 0 Å². The van der Waals surface area contributed by atoms with Gasteiger partial charge in [-0.15, -0.1) is 0 Å². The minimum Gasteiger partial charge on any atom is -0.351 e. The highest BCUT2D eigenvalue weighted by Crippen LogP contribution is 2.04. The van der Waals surface area contributed by atoms with Crippen molar-refractivity contribution in [1.82, 2.24) is 5.32 Å². The van der Waals surface area contributed by atoms with Crippen LogP contribution in [0, 0.1) is 17.2 Å². The molecule has 0 aromatic carbocycles. The molecule has 0 aliphatic rings. The molecule has 0 rings (SSSR count). The largest absolute Gasteiger partial charge is 0.351 e. The van der Waals surface area contributed by atoms with Gasteiger partial charge in [0.2, 0.25) is 5.91 Å². The van der Waals surface area contributed by atoms with Crippen molar-refractivity contribution < 1.29 is 4.79 Å². The van der Waals surface area contributed by atoms with Crippen LogP contribution in [0.3, 0.4) is 0 Å². The molecule has 0 bridgehead atoms. The molecule has 1 unspecified atom stereocenters. The van der Waals surface area contributed by atoms with Crippen molar-refractivity contribution in [2.24, 2.45) is 5.92 Å². The lowest BCUT2D eigenvalue weighted by Gasteiger charge is -2.07. The maximum atomic E-state index is 11.4. The van der Waals surface area contributed by atoms with Gasteiger partial charge >= 0.3 is 0 Å². The van der Waals surface area contributed by atoms with Crippen LogP contribution in [0.5, 0.6) is 0 Å². The summed E-state index contributed by atoms with van der Waals surface area (Å²) in [6.45, 7) is 6.43. The van der Waals surface area contributed by atoms with E-state index < -0.39 is 5.92 Å². The van der Waals surface area contributed by atoms with Gasteiger partial charge in [-0.25, -0.2) is 0 Å². The standard InChI is InChI=1S/C11H18N2O/c1-4-5-10(8-12)11(14)13-7-6-9(2)3/h6,10H,4-5,7H2,1-3H3,(H,13,14). The molecule has 0 saturated heterocycles. The summed E-state index contributed by atoms with van der Waals surface area (Å²) in [5.74, 6) is -0.655. The van der Waals surface area contributed by atoms with Gasteiger partial charge in [0.1, 0.15) is 5.92 Å². The van der Waals surface area contributed by atoms with E-state index in [4.69, 9.17) is 5.26 Å². The van der Waals surface area contributed by atoms with Crippen molar-refractivity contribution in [3.63, 3.8) is 0 Å². The monoisotopic (exact) mass is 194 g/mol. The Morgan fingerprint density at radius 2 is 2.21 bits per heavy atom. The van der Waals surface area contributed by atoms with Gasteiger partial charge in [-0.1, -0.05) is 25.0 Å². The number of rotatable bonds is 5. The molecule has 1 amide bonds. The molecule has 0 heterocycles. The topological polar surface area (TPSA) is 52.9 Å². The molecule has 1 N–H and O–H groups in total. The third-order valence-corrected chi connectivity index (χ3v) is 1.84. The zero-order valence-corrected chi connectivity index (χ0v) is 9.13. The number of nitrogens with one attached hydrogen (secondary N) is 1. The van der Waals surface area contributed by atoms with Gasteiger partial charge in [-0.2, -0.15) is 5.26 Å². The van der Waals surface area contributed by atoms with Crippen molar-refractivity contribution in [3.05, 3.63) is 11.6 Å². The van der Waals surface area contributed by atoms with Crippen LogP contribution in [0.25, 0.3) is 0 Å². The number of nitrogens with zero attached hydrogens (tertiary/aromatic N) is 1. The van der Waals surface area contributed by atoms with Gasteiger partial charge in [-0.05, 0) is 20.3 Å². The Balaban J connectivity index is 3.94. The van der Waals surface area contributed by atoms with E-state index in [1.807, 2.05) is 32.9 Å². The fourth-order valence-electron chi connectivity index (χ4n) is 1.02. The molecule has 0 aromatic rings. The summed E-state index contributed by atoms with van der Waals surface area (Å²) in [7, 11) is 0. The van der Waals surface area contributed by atoms with Crippen molar-refractivity contribution in [3.8, 4) is 6.07 Å². The highest BCUT2D eigenvalue weighted by Gasteiger charge is 2.14. The molecule has 0 aromatic heterocycles. The molecule has 0 radical (unpaired) electrons. The Bertz CT molecular complexity index is 247. The molecule has 14 heavy (non-hydrogen) atoms. The summed E-state index contributed by atoms with van der Waals surface area (Å²) in [5, 5.41) is 11.4. The molecule has 0 aliphatic carbocycles. The molecule has 0 saturated carbocycles. The maximum absolute atomic E-state index is 11.4. The van der Waals surface area contributed by atoms with E-state index in [9.17, 15) is 4.79 Å². The van der Waals surface area contributed by atoms with Gasteiger partial charge in [0.25, 0.3) is 0 Å². The van der Waals surface area contributed by atoms with E-state index in [1.54, 1.807) is 0 Å². The number of allylic oxidation sites excluding steroid dienone is 1. The minimum atomic E-state index is -0.495. The number of hydrogen-bond donors (Lipinski definition) is 1. The van der Waals surface area contributed by atoms with Crippen molar-refractivity contribution in [1.29, 1.82) is 5.26 Å². The van der Waals surface area contributed by atoms with E-state index in [-0.39, 0.29) is 5.91 Å². The Hall–Kier alpha value is -1.30. The first-order valence-electron chi connectivity index (χ1n) is 4.92. The van der Waals surface area contributed by atoms with Crippen molar-refractivity contribution >= 4 is 5.91 Å². The number of nitriles is 1. The predicted molar refractivity (Wildman–Crippen MR) is 56.5 cm³/mol. The van der Waals surface area contributed by atoms with E-state index in [2.05, 4.69) is 5.32 Å². The Labute approximate surface area is 85.8 Å². The van der Waals surface area contributed by atoms with Gasteiger partial charge in [0, 0.05) is 6.54 Å². The van der Waals surface area contributed by atoms with Crippen molar-refractivity contribution in [2.45, 2.75) is 33.6 Å².